The number of carbonyl (C=O) groups excluding carboxylic acids is 1. The van der Waals surface area contributed by atoms with E-state index in [9.17, 15) is 4.79 Å². The fourth-order valence-electron chi connectivity index (χ4n) is 4.76. The van der Waals surface area contributed by atoms with Crippen LogP contribution in [0.5, 0.6) is 0 Å². The molecule has 216 valence electrons. The largest absolute Gasteiger partial charge is 0.449 e. The lowest BCUT2D eigenvalue weighted by atomic mass is 9.98. The van der Waals surface area contributed by atoms with Gasteiger partial charge in [-0.3, -0.25) is 0 Å². The fourth-order valence-corrected chi connectivity index (χ4v) is 4.76. The van der Waals surface area contributed by atoms with Gasteiger partial charge in [0.2, 0.25) is 0 Å². The summed E-state index contributed by atoms with van der Waals surface area (Å²) in [6, 6.07) is 16.6. The first-order valence-electron chi connectivity index (χ1n) is 14.7. The van der Waals surface area contributed by atoms with Gasteiger partial charge in [0, 0.05) is 25.7 Å². The van der Waals surface area contributed by atoms with Crippen LogP contribution in [0.3, 0.4) is 0 Å². The van der Waals surface area contributed by atoms with Crippen molar-refractivity contribution in [3.05, 3.63) is 59.7 Å². The second-order valence-corrected chi connectivity index (χ2v) is 9.82. The molecular weight excluding hydrogens is 494 g/mol. The van der Waals surface area contributed by atoms with Gasteiger partial charge in [-0.05, 0) is 35.1 Å². The highest BCUT2D eigenvalue weighted by atomic mass is 16.6. The molecule has 0 radical (unpaired) electrons. The third-order valence-corrected chi connectivity index (χ3v) is 6.84. The molecule has 0 saturated heterocycles. The number of hydrogen-bond donors (Lipinski definition) is 1. The fraction of sp³-hybridized carbons (Fsp3) is 0.594. The van der Waals surface area contributed by atoms with Gasteiger partial charge in [0.15, 0.2) is 0 Å². The van der Waals surface area contributed by atoms with Crippen LogP contribution in [0, 0.1) is 0 Å². The third kappa shape index (κ3) is 11.7. The summed E-state index contributed by atoms with van der Waals surface area (Å²) < 4.78 is 27.7. The maximum atomic E-state index is 12.2. The van der Waals surface area contributed by atoms with Gasteiger partial charge in [-0.2, -0.15) is 0 Å². The Bertz CT molecular complexity index is 891. The topological polar surface area (TPSA) is 75.3 Å². The SMILES string of the molecule is CCCCCCCCOCCOCCOCCOCCCNC(=O)OCC1c2ccccc2-c2ccccc21. The predicted molar refractivity (Wildman–Crippen MR) is 154 cm³/mol. The number of ether oxygens (including phenoxy) is 5. The van der Waals surface area contributed by atoms with Crippen LogP contribution in [0.2, 0.25) is 0 Å². The van der Waals surface area contributed by atoms with Crippen LogP contribution in [-0.4, -0.2) is 72.1 Å². The third-order valence-electron chi connectivity index (χ3n) is 6.84. The van der Waals surface area contributed by atoms with E-state index < -0.39 is 6.09 Å². The van der Waals surface area contributed by atoms with Crippen molar-refractivity contribution in [3.63, 3.8) is 0 Å². The molecule has 0 bridgehead atoms. The minimum absolute atomic E-state index is 0.0696. The van der Waals surface area contributed by atoms with Gasteiger partial charge < -0.3 is 29.0 Å². The molecule has 0 fully saturated rings. The summed E-state index contributed by atoms with van der Waals surface area (Å²) in [4.78, 5) is 12.2. The smallest absolute Gasteiger partial charge is 0.407 e. The molecule has 0 unspecified atom stereocenters. The molecule has 1 aliphatic carbocycles. The molecule has 0 aromatic heterocycles. The molecule has 0 aliphatic heterocycles. The summed E-state index contributed by atoms with van der Waals surface area (Å²) in [5.74, 6) is 0.0696. The van der Waals surface area contributed by atoms with Gasteiger partial charge in [-0.1, -0.05) is 87.6 Å². The van der Waals surface area contributed by atoms with Crippen LogP contribution in [-0.2, 0) is 23.7 Å². The highest BCUT2D eigenvalue weighted by molar-refractivity contribution is 5.79. The van der Waals surface area contributed by atoms with E-state index >= 15 is 0 Å². The van der Waals surface area contributed by atoms with E-state index in [1.54, 1.807) is 0 Å². The molecule has 2 aromatic rings. The zero-order valence-electron chi connectivity index (χ0n) is 23.7. The quantitative estimate of drug-likeness (QED) is 0.175. The second-order valence-electron chi connectivity index (χ2n) is 9.82. The molecule has 1 aliphatic rings. The van der Waals surface area contributed by atoms with E-state index in [1.165, 1.54) is 54.4 Å². The Balaban J connectivity index is 1.09. The summed E-state index contributed by atoms with van der Waals surface area (Å²) in [5.41, 5.74) is 4.86. The summed E-state index contributed by atoms with van der Waals surface area (Å²) in [7, 11) is 0. The van der Waals surface area contributed by atoms with Crippen molar-refractivity contribution in [2.45, 2.75) is 57.8 Å². The number of unbranched alkanes of at least 4 members (excludes halogenated alkanes) is 5. The summed E-state index contributed by atoms with van der Waals surface area (Å²) >= 11 is 0. The predicted octanol–water partition coefficient (Wildman–Crippen LogP) is 6.34. The average Bonchev–Trinajstić information content (AvgIpc) is 3.28. The minimum Gasteiger partial charge on any atom is -0.449 e. The Kier molecular flexibility index (Phi) is 15.6. The van der Waals surface area contributed by atoms with Gasteiger partial charge in [0.1, 0.15) is 6.61 Å². The van der Waals surface area contributed by atoms with E-state index in [2.05, 4.69) is 36.5 Å². The van der Waals surface area contributed by atoms with Gasteiger partial charge >= 0.3 is 6.09 Å². The van der Waals surface area contributed by atoms with Gasteiger partial charge in [-0.25, -0.2) is 4.79 Å². The van der Waals surface area contributed by atoms with Crippen molar-refractivity contribution in [1.29, 1.82) is 0 Å². The molecule has 1 amide bonds. The first kappa shape index (κ1) is 31.1. The van der Waals surface area contributed by atoms with Gasteiger partial charge in [0.25, 0.3) is 0 Å². The van der Waals surface area contributed by atoms with E-state index in [-0.39, 0.29) is 5.92 Å². The van der Waals surface area contributed by atoms with Crippen LogP contribution in [0.4, 0.5) is 4.79 Å². The molecule has 1 N–H and O–H groups in total. The highest BCUT2D eigenvalue weighted by Crippen LogP contribution is 2.44. The standard InChI is InChI=1S/C32H47NO6/c1-2-3-4-5-6-11-18-35-20-22-37-24-25-38-23-21-36-19-12-17-33-32(34)39-26-31-29-15-9-7-13-27(29)28-14-8-10-16-30(28)31/h7-10,13-16,31H,2-6,11-12,17-26H2,1H3,(H,33,34). The van der Waals surface area contributed by atoms with Crippen molar-refractivity contribution >= 4 is 6.09 Å². The van der Waals surface area contributed by atoms with Crippen molar-refractivity contribution in [3.8, 4) is 11.1 Å². The number of hydrogen-bond acceptors (Lipinski definition) is 6. The lowest BCUT2D eigenvalue weighted by molar-refractivity contribution is -0.00231. The van der Waals surface area contributed by atoms with E-state index in [4.69, 9.17) is 23.7 Å². The first-order valence-corrected chi connectivity index (χ1v) is 14.7. The maximum Gasteiger partial charge on any atom is 0.407 e. The zero-order valence-corrected chi connectivity index (χ0v) is 23.7. The van der Waals surface area contributed by atoms with Gasteiger partial charge in [-0.15, -0.1) is 0 Å². The molecule has 0 saturated carbocycles. The Labute approximate surface area is 234 Å². The second kappa shape index (κ2) is 19.6. The number of carbonyl (C=O) groups is 1. The molecule has 0 spiro atoms. The number of nitrogens with one attached hydrogen (secondary N) is 1. The number of fused-ring (bicyclic) bond motifs is 3. The van der Waals surface area contributed by atoms with E-state index in [0.29, 0.717) is 65.8 Å². The lowest BCUT2D eigenvalue weighted by Crippen LogP contribution is -2.27. The number of amides is 1. The first-order chi connectivity index (χ1) is 19.3. The van der Waals surface area contributed by atoms with Crippen LogP contribution in [0.25, 0.3) is 11.1 Å². The Hall–Kier alpha value is -2.45. The molecule has 0 atom stereocenters. The number of rotatable bonds is 22. The molecule has 7 nitrogen and oxygen atoms in total. The molecule has 7 heteroatoms. The summed E-state index contributed by atoms with van der Waals surface area (Å²) in [6.07, 6.45) is 7.99. The summed E-state index contributed by atoms with van der Waals surface area (Å²) in [6.45, 7) is 7.84. The number of benzene rings is 2. The minimum atomic E-state index is -0.395. The van der Waals surface area contributed by atoms with Crippen molar-refractivity contribution in [2.24, 2.45) is 0 Å². The van der Waals surface area contributed by atoms with Crippen LogP contribution < -0.4 is 5.32 Å². The van der Waals surface area contributed by atoms with Gasteiger partial charge in [0.05, 0.1) is 39.6 Å². The monoisotopic (exact) mass is 541 g/mol. The zero-order chi connectivity index (χ0) is 27.4. The lowest BCUT2D eigenvalue weighted by Gasteiger charge is -2.14. The Morgan fingerprint density at radius 2 is 1.13 bits per heavy atom. The average molecular weight is 542 g/mol. The maximum absolute atomic E-state index is 12.2. The van der Waals surface area contributed by atoms with E-state index in [0.717, 1.165) is 13.0 Å². The molecule has 0 heterocycles. The van der Waals surface area contributed by atoms with Crippen molar-refractivity contribution in [2.75, 3.05) is 66.0 Å². The normalized spacial score (nSPS) is 12.3. The summed E-state index contributed by atoms with van der Waals surface area (Å²) in [5, 5.41) is 2.81. The highest BCUT2D eigenvalue weighted by Gasteiger charge is 2.28. The molecule has 3 rings (SSSR count). The van der Waals surface area contributed by atoms with Crippen LogP contribution >= 0.6 is 0 Å². The Morgan fingerprint density at radius 1 is 0.641 bits per heavy atom. The Morgan fingerprint density at radius 3 is 1.72 bits per heavy atom. The van der Waals surface area contributed by atoms with Crippen LogP contribution in [0.15, 0.2) is 48.5 Å². The molecular formula is C32H47NO6. The number of alkyl carbamates (subject to hydrolysis) is 1. The molecule has 39 heavy (non-hydrogen) atoms. The van der Waals surface area contributed by atoms with E-state index in [1.807, 2.05) is 24.3 Å². The van der Waals surface area contributed by atoms with Crippen molar-refractivity contribution in [1.82, 2.24) is 5.32 Å². The molecule has 2 aromatic carbocycles. The van der Waals surface area contributed by atoms with Crippen molar-refractivity contribution < 1.29 is 28.5 Å². The van der Waals surface area contributed by atoms with Crippen LogP contribution in [0.1, 0.15) is 68.9 Å².